The summed E-state index contributed by atoms with van der Waals surface area (Å²) >= 11 is 0. The van der Waals surface area contributed by atoms with Crippen LogP contribution in [0.4, 0.5) is 0 Å². The van der Waals surface area contributed by atoms with Gasteiger partial charge in [0.1, 0.15) is 6.26 Å². The summed E-state index contributed by atoms with van der Waals surface area (Å²) in [6.45, 7) is 4.95. The number of nitrogens with one attached hydrogen (secondary N) is 2. The second kappa shape index (κ2) is 9.18. The number of hydrogen-bond donors (Lipinski definition) is 2. The highest BCUT2D eigenvalue weighted by Crippen LogP contribution is 2.11. The maximum atomic E-state index is 11.8. The normalized spacial score (nSPS) is 16.4. The van der Waals surface area contributed by atoms with Gasteiger partial charge < -0.3 is 14.7 Å². The number of aliphatic imine (C=N–C) groups is 1. The molecule has 0 spiro atoms. The average molecular weight is 407 g/mol. The van der Waals surface area contributed by atoms with Crippen LogP contribution in [0.5, 0.6) is 0 Å². The van der Waals surface area contributed by atoms with E-state index in [1.807, 2.05) is 6.07 Å². The smallest absolute Gasteiger partial charge is 0.240 e. The van der Waals surface area contributed by atoms with Gasteiger partial charge in [-0.05, 0) is 24.7 Å². The third-order valence-electron chi connectivity index (χ3n) is 4.71. The summed E-state index contributed by atoms with van der Waals surface area (Å²) in [6, 6.07) is 8.71. The van der Waals surface area contributed by atoms with Crippen molar-refractivity contribution in [3.63, 3.8) is 0 Å². The van der Waals surface area contributed by atoms with E-state index in [1.165, 1.54) is 7.05 Å². The van der Waals surface area contributed by atoms with E-state index in [0.29, 0.717) is 6.54 Å². The Morgan fingerprint density at radius 2 is 1.89 bits per heavy atom. The van der Waals surface area contributed by atoms with Crippen LogP contribution in [-0.4, -0.2) is 69.6 Å². The zero-order valence-electron chi connectivity index (χ0n) is 16.1. The van der Waals surface area contributed by atoms with Crippen LogP contribution in [0.15, 0.2) is 51.0 Å². The summed E-state index contributed by atoms with van der Waals surface area (Å²) in [4.78, 5) is 9.19. The molecule has 0 atom stereocenters. The summed E-state index contributed by atoms with van der Waals surface area (Å²) in [6.07, 6.45) is 1.60. The molecule has 1 fully saturated rings. The Bertz CT molecular complexity index is 873. The lowest BCUT2D eigenvalue weighted by Crippen LogP contribution is -2.52. The molecule has 1 saturated heterocycles. The summed E-state index contributed by atoms with van der Waals surface area (Å²) in [5, 5.41) is 7.32. The third kappa shape index (κ3) is 5.09. The topological polar surface area (TPSA) is 103 Å². The zero-order valence-corrected chi connectivity index (χ0v) is 16.9. The lowest BCUT2D eigenvalue weighted by molar-refractivity contribution is 0.169. The highest BCUT2D eigenvalue weighted by Gasteiger charge is 2.20. The molecule has 2 heterocycles. The number of aromatic nitrogens is 1. The molecule has 1 aromatic heterocycles. The monoisotopic (exact) mass is 406 g/mol. The van der Waals surface area contributed by atoms with E-state index in [2.05, 4.69) is 30.0 Å². The molecule has 0 unspecified atom stereocenters. The SMILES string of the molecule is CN=C(NCc1ccc(S(=O)(=O)NC)cc1)N1CCN(Cc2ccon2)CC1. The number of nitrogens with zero attached hydrogens (tertiary/aromatic N) is 4. The van der Waals surface area contributed by atoms with E-state index in [9.17, 15) is 8.42 Å². The number of sulfonamides is 1. The predicted molar refractivity (Wildman–Crippen MR) is 106 cm³/mol. The Kier molecular flexibility index (Phi) is 6.65. The van der Waals surface area contributed by atoms with Crippen molar-refractivity contribution < 1.29 is 12.9 Å². The Labute approximate surface area is 165 Å². The maximum Gasteiger partial charge on any atom is 0.240 e. The van der Waals surface area contributed by atoms with Crippen molar-refractivity contribution in [1.29, 1.82) is 0 Å². The number of guanidine groups is 1. The van der Waals surface area contributed by atoms with Gasteiger partial charge in [0, 0.05) is 52.4 Å². The van der Waals surface area contributed by atoms with Crippen LogP contribution in [0, 0.1) is 0 Å². The summed E-state index contributed by atoms with van der Waals surface area (Å²) < 4.78 is 30.8. The minimum atomic E-state index is -3.41. The van der Waals surface area contributed by atoms with Gasteiger partial charge in [-0.3, -0.25) is 9.89 Å². The molecule has 0 saturated carbocycles. The van der Waals surface area contributed by atoms with Crippen LogP contribution in [0.25, 0.3) is 0 Å². The second-order valence-corrected chi connectivity index (χ2v) is 8.39. The molecule has 10 heteroatoms. The number of rotatable bonds is 6. The van der Waals surface area contributed by atoms with Gasteiger partial charge in [-0.25, -0.2) is 13.1 Å². The fourth-order valence-corrected chi connectivity index (χ4v) is 3.81. The van der Waals surface area contributed by atoms with E-state index in [0.717, 1.165) is 49.9 Å². The largest absolute Gasteiger partial charge is 0.364 e. The first-order valence-electron chi connectivity index (χ1n) is 9.11. The van der Waals surface area contributed by atoms with Gasteiger partial charge in [0.15, 0.2) is 5.96 Å². The average Bonchev–Trinajstić information content (AvgIpc) is 3.23. The Morgan fingerprint density at radius 1 is 1.18 bits per heavy atom. The molecule has 2 N–H and O–H groups in total. The molecule has 28 heavy (non-hydrogen) atoms. The van der Waals surface area contributed by atoms with Crippen molar-refractivity contribution in [3.8, 4) is 0 Å². The number of piperazine rings is 1. The molecule has 1 aromatic carbocycles. The van der Waals surface area contributed by atoms with Crippen LogP contribution in [0.3, 0.4) is 0 Å². The molecule has 0 radical (unpaired) electrons. The standard InChI is InChI=1S/C18H26N6O3S/c1-19-18(21-13-15-3-5-17(6-4-15)28(25,26)20-2)24-10-8-23(9-11-24)14-16-7-12-27-22-16/h3-7,12,20H,8-11,13-14H2,1-2H3,(H,19,21). The fraction of sp³-hybridized carbons (Fsp3) is 0.444. The molecule has 1 aliphatic heterocycles. The molecule has 0 aliphatic carbocycles. The minimum Gasteiger partial charge on any atom is -0.364 e. The van der Waals surface area contributed by atoms with Gasteiger partial charge in [-0.15, -0.1) is 0 Å². The van der Waals surface area contributed by atoms with Gasteiger partial charge in [-0.2, -0.15) is 0 Å². The predicted octanol–water partition coefficient (Wildman–Crippen LogP) is 0.476. The van der Waals surface area contributed by atoms with Crippen molar-refractivity contribution >= 4 is 16.0 Å². The van der Waals surface area contributed by atoms with Gasteiger partial charge in [0.2, 0.25) is 10.0 Å². The van der Waals surface area contributed by atoms with Crippen LogP contribution in [0.1, 0.15) is 11.3 Å². The van der Waals surface area contributed by atoms with Crippen LogP contribution >= 0.6 is 0 Å². The van der Waals surface area contributed by atoms with Gasteiger partial charge in [0.25, 0.3) is 0 Å². The van der Waals surface area contributed by atoms with Gasteiger partial charge in [-0.1, -0.05) is 17.3 Å². The van der Waals surface area contributed by atoms with E-state index < -0.39 is 10.0 Å². The molecule has 1 aliphatic rings. The minimum absolute atomic E-state index is 0.256. The fourth-order valence-electron chi connectivity index (χ4n) is 3.08. The highest BCUT2D eigenvalue weighted by atomic mass is 32.2. The summed E-state index contributed by atoms with van der Waals surface area (Å²) in [5.74, 6) is 0.841. The molecule has 0 bridgehead atoms. The quantitative estimate of drug-likeness (QED) is 0.531. The number of benzene rings is 1. The highest BCUT2D eigenvalue weighted by molar-refractivity contribution is 7.89. The van der Waals surface area contributed by atoms with E-state index in [1.54, 1.807) is 37.6 Å². The first kappa shape index (κ1) is 20.3. The van der Waals surface area contributed by atoms with Crippen molar-refractivity contribution in [2.75, 3.05) is 40.3 Å². The Hall–Kier alpha value is -2.43. The van der Waals surface area contributed by atoms with E-state index in [-0.39, 0.29) is 4.90 Å². The van der Waals surface area contributed by atoms with Crippen molar-refractivity contribution in [2.45, 2.75) is 18.0 Å². The molecule has 2 aromatic rings. The molecule has 3 rings (SSSR count). The first-order chi connectivity index (χ1) is 13.5. The van der Waals surface area contributed by atoms with Crippen molar-refractivity contribution in [2.24, 2.45) is 4.99 Å². The molecular weight excluding hydrogens is 380 g/mol. The molecule has 9 nitrogen and oxygen atoms in total. The summed E-state index contributed by atoms with van der Waals surface area (Å²) in [7, 11) is -0.236. The Balaban J connectivity index is 1.50. The van der Waals surface area contributed by atoms with Crippen LogP contribution in [-0.2, 0) is 23.1 Å². The zero-order chi connectivity index (χ0) is 20.0. The van der Waals surface area contributed by atoms with Crippen molar-refractivity contribution in [3.05, 3.63) is 47.9 Å². The van der Waals surface area contributed by atoms with Crippen LogP contribution in [0.2, 0.25) is 0 Å². The van der Waals surface area contributed by atoms with E-state index in [4.69, 9.17) is 4.52 Å². The molecule has 0 amide bonds. The van der Waals surface area contributed by atoms with E-state index >= 15 is 0 Å². The summed E-state index contributed by atoms with van der Waals surface area (Å²) in [5.41, 5.74) is 1.93. The Morgan fingerprint density at radius 3 is 2.46 bits per heavy atom. The maximum absolute atomic E-state index is 11.8. The third-order valence-corrected chi connectivity index (χ3v) is 6.14. The van der Waals surface area contributed by atoms with Crippen LogP contribution < -0.4 is 10.0 Å². The first-order valence-corrected chi connectivity index (χ1v) is 10.6. The second-order valence-electron chi connectivity index (χ2n) is 6.51. The lowest BCUT2D eigenvalue weighted by Gasteiger charge is -2.36. The lowest BCUT2D eigenvalue weighted by atomic mass is 10.2. The molecule has 152 valence electrons. The van der Waals surface area contributed by atoms with Gasteiger partial charge >= 0.3 is 0 Å². The molecular formula is C18H26N6O3S. The van der Waals surface area contributed by atoms with Crippen molar-refractivity contribution in [1.82, 2.24) is 25.0 Å². The van der Waals surface area contributed by atoms with Gasteiger partial charge in [0.05, 0.1) is 10.6 Å². The number of hydrogen-bond acceptors (Lipinski definition) is 6.